The minimum Gasteiger partial charge on any atom is -0.392 e. The third kappa shape index (κ3) is 3.16. The number of hydrogen-bond donors (Lipinski definition) is 3. The van der Waals surface area contributed by atoms with Gasteiger partial charge in [0.15, 0.2) is 0 Å². The predicted molar refractivity (Wildman–Crippen MR) is 83.9 cm³/mol. The number of aliphatic hydroxyl groups is 1. The summed E-state index contributed by atoms with van der Waals surface area (Å²) < 4.78 is 0. The minimum atomic E-state index is -0.514. The number of nitrogens with two attached hydrogens (primary N) is 1. The van der Waals surface area contributed by atoms with E-state index >= 15 is 0 Å². The summed E-state index contributed by atoms with van der Waals surface area (Å²) in [5.41, 5.74) is 5.59. The Morgan fingerprint density at radius 2 is 2.18 bits per heavy atom. The number of aliphatic hydroxyl groups excluding tert-OH is 1. The largest absolute Gasteiger partial charge is 0.392 e. The van der Waals surface area contributed by atoms with E-state index in [0.29, 0.717) is 23.0 Å². The van der Waals surface area contributed by atoms with Crippen LogP contribution in [0.15, 0.2) is 11.4 Å². The fourth-order valence-electron chi connectivity index (χ4n) is 3.44. The van der Waals surface area contributed by atoms with E-state index in [9.17, 15) is 14.7 Å². The summed E-state index contributed by atoms with van der Waals surface area (Å²) in [6, 6.07) is 1.96. The molecule has 1 aromatic heterocycles. The van der Waals surface area contributed by atoms with Gasteiger partial charge in [0.25, 0.3) is 5.91 Å². The zero-order chi connectivity index (χ0) is 15.7. The molecular formula is C15H21N3O3S. The first-order valence-electron chi connectivity index (χ1n) is 7.66. The third-order valence-corrected chi connectivity index (χ3v) is 5.50. The van der Waals surface area contributed by atoms with Crippen LogP contribution in [0.2, 0.25) is 0 Å². The van der Waals surface area contributed by atoms with Gasteiger partial charge in [-0.25, -0.2) is 0 Å². The van der Waals surface area contributed by atoms with Crippen molar-refractivity contribution in [3.63, 3.8) is 0 Å². The van der Waals surface area contributed by atoms with Gasteiger partial charge in [-0.05, 0) is 31.7 Å². The van der Waals surface area contributed by atoms with Gasteiger partial charge in [-0.1, -0.05) is 0 Å². The van der Waals surface area contributed by atoms with E-state index in [0.717, 1.165) is 32.2 Å². The molecule has 1 saturated heterocycles. The van der Waals surface area contributed by atoms with E-state index in [-0.39, 0.29) is 18.1 Å². The molecule has 1 saturated carbocycles. The maximum Gasteiger partial charge on any atom is 0.261 e. The van der Waals surface area contributed by atoms with Gasteiger partial charge in [0.05, 0.1) is 16.5 Å². The molecule has 2 fully saturated rings. The molecule has 2 heterocycles. The van der Waals surface area contributed by atoms with Gasteiger partial charge in [0, 0.05) is 30.6 Å². The molecule has 0 bridgehead atoms. The smallest absolute Gasteiger partial charge is 0.261 e. The lowest BCUT2D eigenvalue weighted by Gasteiger charge is -2.29. The number of thiophene rings is 1. The molecule has 1 aliphatic carbocycles. The Bertz CT molecular complexity index is 574. The number of carbonyl (C=O) groups excluding carboxylic acids is 2. The molecule has 1 aliphatic heterocycles. The van der Waals surface area contributed by atoms with Crippen molar-refractivity contribution in [2.45, 2.75) is 43.9 Å². The molecule has 0 aromatic carbocycles. The Morgan fingerprint density at radius 1 is 1.36 bits per heavy atom. The van der Waals surface area contributed by atoms with Crippen LogP contribution in [0, 0.1) is 0 Å². The molecule has 1 unspecified atom stereocenters. The van der Waals surface area contributed by atoms with Gasteiger partial charge in [0.2, 0.25) is 5.91 Å². The summed E-state index contributed by atoms with van der Waals surface area (Å²) in [6.07, 6.45) is 3.65. The first-order chi connectivity index (χ1) is 10.5. The topological polar surface area (TPSA) is 95.7 Å². The maximum atomic E-state index is 12.3. The van der Waals surface area contributed by atoms with E-state index in [1.54, 1.807) is 11.4 Å². The zero-order valence-corrected chi connectivity index (χ0v) is 13.1. The molecule has 3 rings (SSSR count). The van der Waals surface area contributed by atoms with Crippen LogP contribution in [0.1, 0.15) is 45.7 Å². The second-order valence-electron chi connectivity index (χ2n) is 6.08. The highest BCUT2D eigenvalue weighted by molar-refractivity contribution is 7.12. The van der Waals surface area contributed by atoms with Gasteiger partial charge < -0.3 is 16.2 Å². The number of rotatable bonds is 4. The van der Waals surface area contributed by atoms with Crippen molar-refractivity contribution in [1.29, 1.82) is 0 Å². The van der Waals surface area contributed by atoms with Gasteiger partial charge >= 0.3 is 0 Å². The number of carbonyl (C=O) groups is 2. The number of nitrogens with zero attached hydrogens (tertiary/aromatic N) is 1. The molecule has 0 radical (unpaired) electrons. The summed E-state index contributed by atoms with van der Waals surface area (Å²) in [7, 11) is 0. The van der Waals surface area contributed by atoms with Crippen LogP contribution in [0.5, 0.6) is 0 Å². The van der Waals surface area contributed by atoms with E-state index in [1.807, 2.05) is 0 Å². The minimum absolute atomic E-state index is 0.108. The lowest BCUT2D eigenvalue weighted by atomic mass is 10.1. The molecule has 4 N–H and O–H groups in total. The van der Waals surface area contributed by atoms with Crippen LogP contribution in [-0.2, 0) is 0 Å². The monoisotopic (exact) mass is 323 g/mol. The Labute approximate surface area is 133 Å². The summed E-state index contributed by atoms with van der Waals surface area (Å²) >= 11 is 1.24. The molecule has 1 aromatic rings. The van der Waals surface area contributed by atoms with Crippen molar-refractivity contribution in [2.75, 3.05) is 13.1 Å². The number of primary amides is 1. The van der Waals surface area contributed by atoms with Crippen LogP contribution in [-0.4, -0.2) is 53.1 Å². The summed E-state index contributed by atoms with van der Waals surface area (Å²) in [4.78, 5) is 26.2. The second kappa shape index (κ2) is 6.36. The average molecular weight is 323 g/mol. The first kappa shape index (κ1) is 15.5. The molecule has 2 amide bonds. The highest BCUT2D eigenvalue weighted by atomic mass is 32.1. The molecule has 7 heteroatoms. The lowest BCUT2D eigenvalue weighted by Crippen LogP contribution is -2.48. The van der Waals surface area contributed by atoms with Crippen molar-refractivity contribution < 1.29 is 14.7 Å². The number of β-amino-alcohol motifs (C(OH)–C–C–N with tert-alkyl or cyclic N) is 1. The fraction of sp³-hybridized carbons (Fsp3) is 0.600. The van der Waals surface area contributed by atoms with Crippen molar-refractivity contribution in [2.24, 2.45) is 5.73 Å². The van der Waals surface area contributed by atoms with Crippen LogP contribution in [0.25, 0.3) is 0 Å². The van der Waals surface area contributed by atoms with Gasteiger partial charge in [-0.2, -0.15) is 0 Å². The fourth-order valence-corrected chi connectivity index (χ4v) is 4.24. The van der Waals surface area contributed by atoms with Crippen LogP contribution < -0.4 is 11.1 Å². The third-order valence-electron chi connectivity index (χ3n) is 4.57. The van der Waals surface area contributed by atoms with Crippen LogP contribution in [0.3, 0.4) is 0 Å². The van der Waals surface area contributed by atoms with E-state index in [2.05, 4.69) is 10.2 Å². The van der Waals surface area contributed by atoms with Gasteiger partial charge in [-0.15, -0.1) is 11.3 Å². The summed E-state index contributed by atoms with van der Waals surface area (Å²) in [6.45, 7) is 1.59. The highest BCUT2D eigenvalue weighted by Crippen LogP contribution is 2.28. The Morgan fingerprint density at radius 3 is 2.82 bits per heavy atom. The van der Waals surface area contributed by atoms with Crippen molar-refractivity contribution in [3.8, 4) is 0 Å². The normalized spacial score (nSPS) is 28.9. The average Bonchev–Trinajstić information content (AvgIpc) is 3.17. The highest BCUT2D eigenvalue weighted by Gasteiger charge is 2.36. The van der Waals surface area contributed by atoms with Gasteiger partial charge in [0.1, 0.15) is 0 Å². The lowest BCUT2D eigenvalue weighted by molar-refractivity contribution is 0.0910. The summed E-state index contributed by atoms with van der Waals surface area (Å²) in [5.74, 6) is -0.658. The number of nitrogens with one attached hydrogen (secondary N) is 1. The van der Waals surface area contributed by atoms with E-state index in [1.165, 1.54) is 11.3 Å². The molecule has 22 heavy (non-hydrogen) atoms. The summed E-state index contributed by atoms with van der Waals surface area (Å²) in [5, 5.41) is 14.4. The quantitative estimate of drug-likeness (QED) is 0.754. The second-order valence-corrected chi connectivity index (χ2v) is 6.99. The predicted octanol–water partition coefficient (Wildman–Crippen LogP) is 0.564. The molecule has 6 nitrogen and oxygen atoms in total. The number of likely N-dealkylation sites (tertiary alicyclic amines) is 1. The van der Waals surface area contributed by atoms with Gasteiger partial charge in [-0.3, -0.25) is 14.5 Å². The Hall–Kier alpha value is -1.44. The maximum absolute atomic E-state index is 12.3. The number of hydrogen-bond acceptors (Lipinski definition) is 5. The molecule has 3 atom stereocenters. The first-order valence-corrected chi connectivity index (χ1v) is 8.54. The molecule has 120 valence electrons. The van der Waals surface area contributed by atoms with E-state index in [4.69, 9.17) is 5.73 Å². The molecule has 0 spiro atoms. The van der Waals surface area contributed by atoms with Crippen molar-refractivity contribution in [1.82, 2.24) is 10.2 Å². The van der Waals surface area contributed by atoms with Crippen molar-refractivity contribution >= 4 is 23.2 Å². The van der Waals surface area contributed by atoms with Crippen molar-refractivity contribution in [3.05, 3.63) is 21.9 Å². The molecule has 2 aliphatic rings. The van der Waals surface area contributed by atoms with Crippen LogP contribution in [0.4, 0.5) is 0 Å². The van der Waals surface area contributed by atoms with E-state index < -0.39 is 5.91 Å². The number of amides is 2. The standard InChI is InChI=1S/C15H21N3O3S/c16-14(20)9-6-13(22-8-9)15(21)17-11-2-1-3-12(11)18-5-4-10(19)7-18/h6,8,10-12,19H,1-5,7H2,(H2,16,20)(H,17,21)/t10?,11-,12+/m1/s1. The Balaban J connectivity index is 1.63. The Kier molecular flexibility index (Phi) is 4.46. The molecular weight excluding hydrogens is 302 g/mol. The SMILES string of the molecule is NC(=O)c1csc(C(=O)N[C@@H]2CCC[C@@H]2N2CCC(O)C2)c1. The van der Waals surface area contributed by atoms with Crippen LogP contribution >= 0.6 is 11.3 Å². The zero-order valence-electron chi connectivity index (χ0n) is 12.3.